The van der Waals surface area contributed by atoms with Crippen molar-refractivity contribution in [2.75, 3.05) is 13.2 Å². The van der Waals surface area contributed by atoms with E-state index in [1.54, 1.807) is 6.08 Å². The molecule has 2 aliphatic heterocycles. The monoisotopic (exact) mass is 186 g/mol. The first-order chi connectivity index (χ1) is 6.28. The number of epoxide rings is 2. The summed E-state index contributed by atoms with van der Waals surface area (Å²) in [6.45, 7) is 3.66. The molecule has 2 aliphatic rings. The van der Waals surface area contributed by atoms with Gasteiger partial charge in [-0.05, 0) is 6.42 Å². The highest BCUT2D eigenvalue weighted by Gasteiger charge is 2.68. The second kappa shape index (κ2) is 3.06. The lowest BCUT2D eigenvalue weighted by atomic mass is 9.95. The molecule has 0 amide bonds. The first kappa shape index (κ1) is 9.15. The van der Waals surface area contributed by atoms with Crippen LogP contribution in [0.25, 0.3) is 0 Å². The SMILES string of the molecule is C=CCC1(C2OC2CO)OC1CO. The van der Waals surface area contributed by atoms with E-state index in [1.165, 1.54) is 0 Å². The Balaban J connectivity index is 1.97. The summed E-state index contributed by atoms with van der Waals surface area (Å²) in [5, 5.41) is 17.8. The van der Waals surface area contributed by atoms with Crippen LogP contribution < -0.4 is 0 Å². The van der Waals surface area contributed by atoms with Crippen molar-refractivity contribution < 1.29 is 19.7 Å². The fourth-order valence-electron chi connectivity index (χ4n) is 1.91. The van der Waals surface area contributed by atoms with Gasteiger partial charge >= 0.3 is 0 Å². The molecule has 0 radical (unpaired) electrons. The van der Waals surface area contributed by atoms with Gasteiger partial charge in [-0.25, -0.2) is 0 Å². The molecule has 4 atom stereocenters. The summed E-state index contributed by atoms with van der Waals surface area (Å²) < 4.78 is 10.6. The van der Waals surface area contributed by atoms with Crippen LogP contribution in [0.5, 0.6) is 0 Å². The average Bonchev–Trinajstić information content (AvgIpc) is 2.99. The van der Waals surface area contributed by atoms with Gasteiger partial charge in [-0.3, -0.25) is 0 Å². The number of hydrogen-bond acceptors (Lipinski definition) is 4. The summed E-state index contributed by atoms with van der Waals surface area (Å²) in [4.78, 5) is 0. The Hall–Kier alpha value is -0.420. The Kier molecular flexibility index (Phi) is 2.15. The lowest BCUT2D eigenvalue weighted by Gasteiger charge is -2.05. The number of hydrogen-bond donors (Lipinski definition) is 2. The quantitative estimate of drug-likeness (QED) is 0.446. The van der Waals surface area contributed by atoms with Crippen molar-refractivity contribution in [3.8, 4) is 0 Å². The van der Waals surface area contributed by atoms with Crippen LogP contribution in [0.1, 0.15) is 6.42 Å². The lowest BCUT2D eigenvalue weighted by molar-refractivity contribution is 0.214. The molecule has 2 rings (SSSR count). The molecule has 2 N–H and O–H groups in total. The Morgan fingerprint density at radius 3 is 2.54 bits per heavy atom. The maximum atomic E-state index is 8.93. The fourth-order valence-corrected chi connectivity index (χ4v) is 1.91. The number of aliphatic hydroxyl groups excluding tert-OH is 2. The van der Waals surface area contributed by atoms with Crippen molar-refractivity contribution in [3.05, 3.63) is 12.7 Å². The molecular formula is C9H14O4. The minimum absolute atomic E-state index is 0.00580. The van der Waals surface area contributed by atoms with Gasteiger partial charge in [0.25, 0.3) is 0 Å². The maximum Gasteiger partial charge on any atom is 0.129 e. The van der Waals surface area contributed by atoms with E-state index in [4.69, 9.17) is 19.7 Å². The van der Waals surface area contributed by atoms with Crippen LogP contribution in [0.2, 0.25) is 0 Å². The molecule has 74 valence electrons. The van der Waals surface area contributed by atoms with Gasteiger partial charge in [-0.2, -0.15) is 0 Å². The van der Waals surface area contributed by atoms with Crippen molar-refractivity contribution >= 4 is 0 Å². The first-order valence-electron chi connectivity index (χ1n) is 4.44. The Labute approximate surface area is 76.8 Å². The Morgan fingerprint density at radius 2 is 2.15 bits per heavy atom. The van der Waals surface area contributed by atoms with Crippen LogP contribution >= 0.6 is 0 Å². The number of rotatable bonds is 5. The molecule has 2 fully saturated rings. The Morgan fingerprint density at radius 1 is 1.38 bits per heavy atom. The van der Waals surface area contributed by atoms with Gasteiger partial charge in [0.1, 0.15) is 23.9 Å². The van der Waals surface area contributed by atoms with Gasteiger partial charge < -0.3 is 19.7 Å². The second-order valence-corrected chi connectivity index (χ2v) is 3.51. The molecule has 4 heteroatoms. The zero-order valence-electron chi connectivity index (χ0n) is 7.35. The van der Waals surface area contributed by atoms with E-state index in [2.05, 4.69) is 6.58 Å². The highest BCUT2D eigenvalue weighted by atomic mass is 16.7. The summed E-state index contributed by atoms with van der Waals surface area (Å²) in [7, 11) is 0. The number of ether oxygens (including phenoxy) is 2. The second-order valence-electron chi connectivity index (χ2n) is 3.51. The molecule has 4 unspecified atom stereocenters. The summed E-state index contributed by atoms with van der Waals surface area (Å²) in [6.07, 6.45) is 2.10. The van der Waals surface area contributed by atoms with Crippen LogP contribution in [0, 0.1) is 0 Å². The largest absolute Gasteiger partial charge is 0.394 e. The third-order valence-electron chi connectivity index (χ3n) is 2.72. The molecule has 4 nitrogen and oxygen atoms in total. The van der Waals surface area contributed by atoms with Crippen LogP contribution in [0.15, 0.2) is 12.7 Å². The van der Waals surface area contributed by atoms with Crippen LogP contribution in [0.3, 0.4) is 0 Å². The minimum Gasteiger partial charge on any atom is -0.394 e. The molecule has 2 saturated heterocycles. The van der Waals surface area contributed by atoms with Crippen molar-refractivity contribution in [1.82, 2.24) is 0 Å². The third-order valence-corrected chi connectivity index (χ3v) is 2.72. The van der Waals surface area contributed by atoms with Crippen LogP contribution in [0.4, 0.5) is 0 Å². The van der Waals surface area contributed by atoms with Crippen molar-refractivity contribution in [2.24, 2.45) is 0 Å². The molecule has 0 saturated carbocycles. The molecular weight excluding hydrogens is 172 g/mol. The lowest BCUT2D eigenvalue weighted by Crippen LogP contribution is -2.26. The van der Waals surface area contributed by atoms with Gasteiger partial charge in [0.05, 0.1) is 13.2 Å². The van der Waals surface area contributed by atoms with Crippen molar-refractivity contribution in [1.29, 1.82) is 0 Å². The molecule has 2 heterocycles. The van der Waals surface area contributed by atoms with E-state index >= 15 is 0 Å². The fraction of sp³-hybridized carbons (Fsp3) is 0.778. The van der Waals surface area contributed by atoms with E-state index in [0.29, 0.717) is 6.42 Å². The summed E-state index contributed by atoms with van der Waals surface area (Å²) in [5.74, 6) is 0. The van der Waals surface area contributed by atoms with Gasteiger partial charge in [0.2, 0.25) is 0 Å². The van der Waals surface area contributed by atoms with Crippen LogP contribution in [-0.4, -0.2) is 47.3 Å². The summed E-state index contributed by atoms with van der Waals surface area (Å²) in [6, 6.07) is 0. The van der Waals surface area contributed by atoms with E-state index in [9.17, 15) is 0 Å². The van der Waals surface area contributed by atoms with E-state index < -0.39 is 5.60 Å². The first-order valence-corrected chi connectivity index (χ1v) is 4.44. The van der Waals surface area contributed by atoms with Crippen molar-refractivity contribution in [3.63, 3.8) is 0 Å². The zero-order chi connectivity index (χ0) is 9.47. The average molecular weight is 186 g/mol. The molecule has 0 bridgehead atoms. The van der Waals surface area contributed by atoms with Gasteiger partial charge in [-0.1, -0.05) is 6.08 Å². The van der Waals surface area contributed by atoms with E-state index in [0.717, 1.165) is 0 Å². The third kappa shape index (κ3) is 1.30. The van der Waals surface area contributed by atoms with Crippen molar-refractivity contribution in [2.45, 2.75) is 30.3 Å². The normalized spacial score (nSPS) is 47.4. The Bertz CT molecular complexity index is 218. The highest BCUT2D eigenvalue weighted by Crippen LogP contribution is 2.51. The minimum atomic E-state index is -0.399. The molecule has 0 spiro atoms. The molecule has 13 heavy (non-hydrogen) atoms. The van der Waals surface area contributed by atoms with Gasteiger partial charge in [-0.15, -0.1) is 6.58 Å². The highest BCUT2D eigenvalue weighted by molar-refractivity contribution is 5.17. The van der Waals surface area contributed by atoms with E-state index in [1.807, 2.05) is 0 Å². The summed E-state index contributed by atoms with van der Waals surface area (Å²) in [5.41, 5.74) is -0.399. The smallest absolute Gasteiger partial charge is 0.129 e. The maximum absolute atomic E-state index is 8.93. The van der Waals surface area contributed by atoms with E-state index in [-0.39, 0.29) is 31.5 Å². The predicted molar refractivity (Wildman–Crippen MR) is 45.3 cm³/mol. The topological polar surface area (TPSA) is 65.5 Å². The van der Waals surface area contributed by atoms with Crippen LogP contribution in [-0.2, 0) is 9.47 Å². The summed E-state index contributed by atoms with van der Waals surface area (Å²) >= 11 is 0. The standard InChI is InChI=1S/C9H14O4/c1-2-3-9(7(5-11)13-9)8-6(4-10)12-8/h2,6-8,10-11H,1,3-5H2. The number of aliphatic hydroxyl groups is 2. The molecule has 0 aliphatic carbocycles. The molecule has 0 aromatic rings. The molecule has 0 aromatic heterocycles. The zero-order valence-corrected chi connectivity index (χ0v) is 7.35. The predicted octanol–water partition coefficient (Wildman–Crippen LogP) is -0.548. The van der Waals surface area contributed by atoms with Gasteiger partial charge in [0.15, 0.2) is 0 Å². The molecule has 0 aromatic carbocycles. The van der Waals surface area contributed by atoms with Gasteiger partial charge in [0, 0.05) is 0 Å².